The summed E-state index contributed by atoms with van der Waals surface area (Å²) < 4.78 is 26.2. The van der Waals surface area contributed by atoms with Gasteiger partial charge in [-0.05, 0) is 49.7 Å². The van der Waals surface area contributed by atoms with Crippen molar-refractivity contribution in [3.63, 3.8) is 0 Å². The molecule has 0 N–H and O–H groups in total. The molecule has 8 nitrogen and oxygen atoms in total. The van der Waals surface area contributed by atoms with Gasteiger partial charge in [-0.1, -0.05) is 25.3 Å². The highest BCUT2D eigenvalue weighted by Gasteiger charge is 2.15. The lowest BCUT2D eigenvalue weighted by Gasteiger charge is -2.14. The van der Waals surface area contributed by atoms with Gasteiger partial charge in [0, 0.05) is 23.8 Å². The zero-order valence-corrected chi connectivity index (χ0v) is 19.6. The fraction of sp³-hybridized carbons (Fsp3) is 0.269. The molecule has 0 unspecified atom stereocenters. The molecule has 0 aliphatic rings. The van der Waals surface area contributed by atoms with Gasteiger partial charge in [0.15, 0.2) is 0 Å². The molecule has 0 amide bonds. The van der Waals surface area contributed by atoms with E-state index in [1.54, 1.807) is 56.3 Å². The minimum Gasteiger partial charge on any atom is -0.489 e. The summed E-state index contributed by atoms with van der Waals surface area (Å²) in [6, 6.07) is 11.7. The number of hydrogen-bond donors (Lipinski definition) is 0. The maximum absolute atomic E-state index is 12.3. The molecule has 0 spiro atoms. The number of benzene rings is 2. The summed E-state index contributed by atoms with van der Waals surface area (Å²) in [5, 5.41) is 0. The number of ether oxygens (including phenoxy) is 5. The van der Waals surface area contributed by atoms with Crippen LogP contribution in [0.1, 0.15) is 24.2 Å². The fourth-order valence-electron chi connectivity index (χ4n) is 2.61. The van der Waals surface area contributed by atoms with Crippen LogP contribution in [0, 0.1) is 0 Å². The molecular weight excluding hydrogens is 440 g/mol. The number of methoxy groups -OCH3 is 1. The lowest BCUT2D eigenvalue weighted by Crippen LogP contribution is -2.13. The summed E-state index contributed by atoms with van der Waals surface area (Å²) in [6.07, 6.45) is 0. The van der Waals surface area contributed by atoms with Crippen molar-refractivity contribution in [1.29, 1.82) is 0 Å². The molecule has 0 bridgehead atoms. The monoisotopic (exact) mass is 468 g/mol. The Balaban J connectivity index is 2.23. The predicted octanol–water partition coefficient (Wildman–Crippen LogP) is 4.14. The Hall–Kier alpha value is -3.91. The SMILES string of the molecule is C=C(C)C(=O)OCCOc1cc(C(=O)OCCOC)ccc1-c1ccc(OC(=O)C(=C)C)cc1. The van der Waals surface area contributed by atoms with Crippen molar-refractivity contribution < 1.29 is 38.1 Å². The van der Waals surface area contributed by atoms with Crippen molar-refractivity contribution in [2.45, 2.75) is 13.8 Å². The predicted molar refractivity (Wildman–Crippen MR) is 126 cm³/mol. The molecule has 2 aromatic carbocycles. The van der Waals surface area contributed by atoms with E-state index in [1.807, 2.05) is 0 Å². The molecule has 0 aliphatic heterocycles. The van der Waals surface area contributed by atoms with Crippen LogP contribution in [0.3, 0.4) is 0 Å². The van der Waals surface area contributed by atoms with Crippen LogP contribution in [0.4, 0.5) is 0 Å². The van der Waals surface area contributed by atoms with E-state index in [0.717, 1.165) is 5.56 Å². The Labute approximate surface area is 198 Å². The van der Waals surface area contributed by atoms with Crippen LogP contribution in [0.25, 0.3) is 11.1 Å². The van der Waals surface area contributed by atoms with Crippen molar-refractivity contribution in [3.8, 4) is 22.6 Å². The molecule has 0 atom stereocenters. The van der Waals surface area contributed by atoms with Gasteiger partial charge in [0.05, 0.1) is 12.2 Å². The molecule has 180 valence electrons. The number of carbonyl (C=O) groups excluding carboxylic acids is 3. The minimum atomic E-state index is -0.524. The van der Waals surface area contributed by atoms with Crippen LogP contribution < -0.4 is 9.47 Å². The number of esters is 3. The first-order valence-electron chi connectivity index (χ1n) is 10.5. The lowest BCUT2D eigenvalue weighted by molar-refractivity contribution is -0.139. The van der Waals surface area contributed by atoms with Crippen molar-refractivity contribution in [2.75, 3.05) is 33.5 Å². The topological polar surface area (TPSA) is 97.4 Å². The Morgan fingerprint density at radius 1 is 0.794 bits per heavy atom. The summed E-state index contributed by atoms with van der Waals surface area (Å²) in [7, 11) is 1.51. The van der Waals surface area contributed by atoms with E-state index in [9.17, 15) is 14.4 Å². The fourth-order valence-corrected chi connectivity index (χ4v) is 2.61. The molecule has 0 radical (unpaired) electrons. The molecule has 0 heterocycles. The maximum atomic E-state index is 12.3. The summed E-state index contributed by atoms with van der Waals surface area (Å²) in [4.78, 5) is 35.6. The molecule has 0 fully saturated rings. The molecule has 2 aromatic rings. The van der Waals surface area contributed by atoms with Gasteiger partial charge in [-0.3, -0.25) is 0 Å². The first kappa shape index (κ1) is 26.3. The van der Waals surface area contributed by atoms with Crippen LogP contribution in [0.5, 0.6) is 11.5 Å². The second kappa shape index (κ2) is 13.0. The standard InChI is InChI=1S/C26H28O8/c1-17(2)24(27)32-15-14-31-23-16-20(26(29)33-13-12-30-5)8-11-22(23)19-6-9-21(10-7-19)34-25(28)18(3)4/h6-11,16H,1,3,12-15H2,2,4-5H3. The first-order chi connectivity index (χ1) is 16.2. The van der Waals surface area contributed by atoms with Crippen LogP contribution in [-0.2, 0) is 23.8 Å². The van der Waals surface area contributed by atoms with Gasteiger partial charge in [-0.25, -0.2) is 14.4 Å². The van der Waals surface area contributed by atoms with E-state index in [4.69, 9.17) is 23.7 Å². The molecule has 34 heavy (non-hydrogen) atoms. The maximum Gasteiger partial charge on any atom is 0.338 e. The smallest absolute Gasteiger partial charge is 0.338 e. The highest BCUT2D eigenvalue weighted by molar-refractivity contribution is 5.91. The summed E-state index contributed by atoms with van der Waals surface area (Å²) >= 11 is 0. The molecule has 2 rings (SSSR count). The third-order valence-corrected chi connectivity index (χ3v) is 4.38. The van der Waals surface area contributed by atoms with Gasteiger partial charge < -0.3 is 23.7 Å². The van der Waals surface area contributed by atoms with E-state index in [1.165, 1.54) is 7.11 Å². The highest BCUT2D eigenvalue weighted by Crippen LogP contribution is 2.32. The van der Waals surface area contributed by atoms with Crippen LogP contribution in [0.15, 0.2) is 66.8 Å². The average Bonchev–Trinajstić information content (AvgIpc) is 2.82. The summed E-state index contributed by atoms with van der Waals surface area (Å²) in [6.45, 7) is 10.7. The van der Waals surface area contributed by atoms with E-state index >= 15 is 0 Å². The van der Waals surface area contributed by atoms with Crippen LogP contribution in [-0.4, -0.2) is 51.4 Å². The Bertz CT molecular complexity index is 1050. The van der Waals surface area contributed by atoms with Crippen molar-refractivity contribution in [1.82, 2.24) is 0 Å². The summed E-state index contributed by atoms with van der Waals surface area (Å²) in [5.41, 5.74) is 2.30. The Kier molecular flexibility index (Phi) is 10.0. The number of hydrogen-bond acceptors (Lipinski definition) is 8. The van der Waals surface area contributed by atoms with Crippen molar-refractivity contribution >= 4 is 17.9 Å². The van der Waals surface area contributed by atoms with E-state index in [2.05, 4.69) is 13.2 Å². The van der Waals surface area contributed by atoms with Gasteiger partial charge in [0.25, 0.3) is 0 Å². The van der Waals surface area contributed by atoms with E-state index < -0.39 is 17.9 Å². The molecule has 0 saturated heterocycles. The van der Waals surface area contributed by atoms with Crippen molar-refractivity contribution in [3.05, 3.63) is 72.3 Å². The zero-order valence-electron chi connectivity index (χ0n) is 19.6. The third kappa shape index (κ3) is 7.90. The lowest BCUT2D eigenvalue weighted by atomic mass is 10.0. The van der Waals surface area contributed by atoms with Crippen LogP contribution >= 0.6 is 0 Å². The number of carbonyl (C=O) groups is 3. The molecule has 0 saturated carbocycles. The molecular formula is C26H28O8. The quantitative estimate of drug-likeness (QED) is 0.198. The van der Waals surface area contributed by atoms with Gasteiger partial charge >= 0.3 is 17.9 Å². The number of rotatable bonds is 12. The second-order valence-electron chi connectivity index (χ2n) is 7.30. The largest absolute Gasteiger partial charge is 0.489 e. The molecule has 8 heteroatoms. The van der Waals surface area contributed by atoms with E-state index in [0.29, 0.717) is 28.2 Å². The Morgan fingerprint density at radius 2 is 1.44 bits per heavy atom. The Morgan fingerprint density at radius 3 is 2.06 bits per heavy atom. The zero-order chi connectivity index (χ0) is 25.1. The molecule has 0 aromatic heterocycles. The third-order valence-electron chi connectivity index (χ3n) is 4.38. The van der Waals surface area contributed by atoms with Gasteiger partial charge in [0.1, 0.15) is 31.3 Å². The average molecular weight is 469 g/mol. The minimum absolute atomic E-state index is 0.00341. The van der Waals surface area contributed by atoms with E-state index in [-0.39, 0.29) is 32.0 Å². The normalized spacial score (nSPS) is 10.2. The highest BCUT2D eigenvalue weighted by atomic mass is 16.6. The molecule has 0 aliphatic carbocycles. The van der Waals surface area contributed by atoms with Crippen LogP contribution in [0.2, 0.25) is 0 Å². The van der Waals surface area contributed by atoms with Gasteiger partial charge in [-0.15, -0.1) is 0 Å². The first-order valence-corrected chi connectivity index (χ1v) is 10.5. The van der Waals surface area contributed by atoms with Crippen molar-refractivity contribution in [2.24, 2.45) is 0 Å². The van der Waals surface area contributed by atoms with Gasteiger partial charge in [0.2, 0.25) is 0 Å². The van der Waals surface area contributed by atoms with Gasteiger partial charge in [-0.2, -0.15) is 0 Å². The second-order valence-corrected chi connectivity index (χ2v) is 7.30. The summed E-state index contributed by atoms with van der Waals surface area (Å²) in [5.74, 6) is -0.802.